The molecule has 1 N–H and O–H groups in total. The van der Waals surface area contributed by atoms with Crippen LogP contribution < -0.4 is 10.2 Å². The van der Waals surface area contributed by atoms with Crippen LogP contribution in [0.3, 0.4) is 0 Å². The molecule has 4 aromatic rings. The van der Waals surface area contributed by atoms with Crippen molar-refractivity contribution in [2.75, 3.05) is 16.8 Å². The molecular weight excluding hydrogens is 416 g/mol. The normalized spacial score (nSPS) is 12.8. The number of rotatable bonds is 4. The predicted molar refractivity (Wildman–Crippen MR) is 131 cm³/mol. The highest BCUT2D eigenvalue weighted by Gasteiger charge is 2.24. The van der Waals surface area contributed by atoms with E-state index in [9.17, 15) is 9.59 Å². The molecule has 1 aliphatic rings. The highest BCUT2D eigenvalue weighted by molar-refractivity contribution is 7.12. The lowest BCUT2D eigenvalue weighted by atomic mass is 10.0. The summed E-state index contributed by atoms with van der Waals surface area (Å²) in [7, 11) is 0. The summed E-state index contributed by atoms with van der Waals surface area (Å²) in [6, 6.07) is 27.2. The highest BCUT2D eigenvalue weighted by atomic mass is 32.1. The van der Waals surface area contributed by atoms with Gasteiger partial charge in [0.1, 0.15) is 0 Å². The molecule has 2 amide bonds. The first-order chi connectivity index (χ1) is 15.7. The molecule has 0 unspecified atom stereocenters. The zero-order valence-corrected chi connectivity index (χ0v) is 18.3. The van der Waals surface area contributed by atoms with Crippen molar-refractivity contribution in [1.82, 2.24) is 0 Å². The van der Waals surface area contributed by atoms with E-state index in [1.165, 1.54) is 11.3 Å². The van der Waals surface area contributed by atoms with E-state index < -0.39 is 0 Å². The SMILES string of the molecule is O=C(Nc1ccc2c(c1)N(C(=O)c1cccs1)CCC2)c1ccc(-c2ccccc2)cc1. The summed E-state index contributed by atoms with van der Waals surface area (Å²) in [4.78, 5) is 28.4. The van der Waals surface area contributed by atoms with Crippen molar-refractivity contribution in [3.05, 3.63) is 106 Å². The third kappa shape index (κ3) is 4.07. The second kappa shape index (κ2) is 8.81. The lowest BCUT2D eigenvalue weighted by Gasteiger charge is -2.29. The molecule has 1 aliphatic heterocycles. The van der Waals surface area contributed by atoms with E-state index in [-0.39, 0.29) is 11.8 Å². The maximum absolute atomic E-state index is 13.0. The topological polar surface area (TPSA) is 49.4 Å². The van der Waals surface area contributed by atoms with Crippen LogP contribution in [0.1, 0.15) is 32.0 Å². The number of amides is 2. The van der Waals surface area contributed by atoms with Crippen molar-refractivity contribution in [2.45, 2.75) is 12.8 Å². The fourth-order valence-electron chi connectivity index (χ4n) is 4.04. The number of hydrogen-bond donors (Lipinski definition) is 1. The van der Waals surface area contributed by atoms with Crippen LogP contribution in [0.5, 0.6) is 0 Å². The number of thiophene rings is 1. The minimum absolute atomic E-state index is 0.0147. The Labute approximate surface area is 191 Å². The van der Waals surface area contributed by atoms with Crippen LogP contribution >= 0.6 is 11.3 Å². The minimum atomic E-state index is -0.170. The molecule has 0 saturated heterocycles. The zero-order chi connectivity index (χ0) is 21.9. The quantitative estimate of drug-likeness (QED) is 0.409. The lowest BCUT2D eigenvalue weighted by Crippen LogP contribution is -2.35. The molecule has 158 valence electrons. The van der Waals surface area contributed by atoms with Crippen molar-refractivity contribution < 1.29 is 9.59 Å². The maximum Gasteiger partial charge on any atom is 0.268 e. The van der Waals surface area contributed by atoms with Gasteiger partial charge >= 0.3 is 0 Å². The van der Waals surface area contributed by atoms with Crippen molar-refractivity contribution >= 4 is 34.5 Å². The molecule has 3 aromatic carbocycles. The van der Waals surface area contributed by atoms with Crippen molar-refractivity contribution in [3.8, 4) is 11.1 Å². The predicted octanol–water partition coefficient (Wildman–Crippen LogP) is 6.26. The number of carbonyl (C=O) groups excluding carboxylic acids is 2. The largest absolute Gasteiger partial charge is 0.322 e. The summed E-state index contributed by atoms with van der Waals surface area (Å²) >= 11 is 1.45. The van der Waals surface area contributed by atoms with Gasteiger partial charge in [-0.3, -0.25) is 9.59 Å². The van der Waals surface area contributed by atoms with Gasteiger partial charge in [-0.2, -0.15) is 0 Å². The molecule has 0 fully saturated rings. The number of benzene rings is 3. The first-order valence-electron chi connectivity index (χ1n) is 10.6. The molecule has 0 spiro atoms. The highest BCUT2D eigenvalue weighted by Crippen LogP contribution is 2.32. The molecule has 2 heterocycles. The Morgan fingerprint density at radius 1 is 0.844 bits per heavy atom. The Morgan fingerprint density at radius 2 is 1.62 bits per heavy atom. The third-order valence-corrected chi connectivity index (χ3v) is 6.55. The van der Waals surface area contributed by atoms with Crippen LogP contribution in [0.25, 0.3) is 11.1 Å². The molecule has 4 nitrogen and oxygen atoms in total. The van der Waals surface area contributed by atoms with E-state index in [4.69, 9.17) is 0 Å². The van der Waals surface area contributed by atoms with E-state index in [1.807, 2.05) is 95.2 Å². The summed E-state index contributed by atoms with van der Waals surface area (Å²) in [5.41, 5.74) is 5.47. The molecular formula is C27H22N2O2S. The van der Waals surface area contributed by atoms with Gasteiger partial charge in [0.25, 0.3) is 11.8 Å². The van der Waals surface area contributed by atoms with Crippen LogP contribution in [0.4, 0.5) is 11.4 Å². The van der Waals surface area contributed by atoms with Gasteiger partial charge in [0.15, 0.2) is 0 Å². The molecule has 0 bridgehead atoms. The standard InChI is InChI=1S/C27H22N2O2S/c30-26(22-12-10-20(11-13-22)19-6-2-1-3-7-19)28-23-15-14-21-8-4-16-29(24(21)18-23)27(31)25-9-5-17-32-25/h1-3,5-7,9-15,17-18H,4,8,16H2,(H,28,30). The van der Waals surface area contributed by atoms with Gasteiger partial charge < -0.3 is 10.2 Å². The minimum Gasteiger partial charge on any atom is -0.322 e. The van der Waals surface area contributed by atoms with E-state index in [1.54, 1.807) is 0 Å². The Morgan fingerprint density at radius 3 is 2.38 bits per heavy atom. The number of carbonyl (C=O) groups is 2. The third-order valence-electron chi connectivity index (χ3n) is 5.69. The average Bonchev–Trinajstić information content (AvgIpc) is 3.39. The van der Waals surface area contributed by atoms with Gasteiger partial charge in [-0.25, -0.2) is 0 Å². The Hall–Kier alpha value is -3.70. The maximum atomic E-state index is 13.0. The number of nitrogens with one attached hydrogen (secondary N) is 1. The van der Waals surface area contributed by atoms with Crippen molar-refractivity contribution in [2.24, 2.45) is 0 Å². The number of anilines is 2. The van der Waals surface area contributed by atoms with E-state index in [0.29, 0.717) is 17.8 Å². The number of hydrogen-bond acceptors (Lipinski definition) is 3. The van der Waals surface area contributed by atoms with E-state index >= 15 is 0 Å². The fraction of sp³-hybridized carbons (Fsp3) is 0.111. The van der Waals surface area contributed by atoms with Crippen LogP contribution in [-0.2, 0) is 6.42 Å². The Kier molecular flexibility index (Phi) is 5.57. The van der Waals surface area contributed by atoms with Crippen LogP contribution in [0.2, 0.25) is 0 Å². The summed E-state index contributed by atoms with van der Waals surface area (Å²) in [6.07, 6.45) is 1.86. The summed E-state index contributed by atoms with van der Waals surface area (Å²) < 4.78 is 0. The molecule has 1 aromatic heterocycles. The monoisotopic (exact) mass is 438 g/mol. The molecule has 32 heavy (non-hydrogen) atoms. The average molecular weight is 439 g/mol. The fourth-order valence-corrected chi connectivity index (χ4v) is 4.72. The number of aryl methyl sites for hydroxylation is 1. The first kappa shape index (κ1) is 20.2. The van der Waals surface area contributed by atoms with Gasteiger partial charge in [-0.05, 0) is 65.2 Å². The lowest BCUT2D eigenvalue weighted by molar-refractivity contribution is 0.0987. The molecule has 0 aliphatic carbocycles. The Bertz CT molecular complexity index is 1250. The molecule has 0 radical (unpaired) electrons. The molecule has 0 atom stereocenters. The second-order valence-electron chi connectivity index (χ2n) is 7.78. The summed E-state index contributed by atoms with van der Waals surface area (Å²) in [6.45, 7) is 0.683. The van der Waals surface area contributed by atoms with Gasteiger partial charge in [-0.1, -0.05) is 54.6 Å². The van der Waals surface area contributed by atoms with Gasteiger partial charge in [0.05, 0.1) is 4.88 Å². The van der Waals surface area contributed by atoms with Crippen molar-refractivity contribution in [3.63, 3.8) is 0 Å². The second-order valence-corrected chi connectivity index (χ2v) is 8.73. The van der Waals surface area contributed by atoms with Gasteiger partial charge in [-0.15, -0.1) is 11.3 Å². The van der Waals surface area contributed by atoms with Crippen LogP contribution in [0, 0.1) is 0 Å². The Balaban J connectivity index is 1.35. The van der Waals surface area contributed by atoms with Gasteiger partial charge in [0.2, 0.25) is 0 Å². The van der Waals surface area contributed by atoms with E-state index in [2.05, 4.69) is 5.32 Å². The molecule has 5 heteroatoms. The molecule has 5 rings (SSSR count). The van der Waals surface area contributed by atoms with Crippen LogP contribution in [-0.4, -0.2) is 18.4 Å². The smallest absolute Gasteiger partial charge is 0.268 e. The summed E-state index contributed by atoms with van der Waals surface area (Å²) in [5, 5.41) is 4.90. The summed E-state index contributed by atoms with van der Waals surface area (Å²) in [5.74, 6) is -0.155. The molecule has 0 saturated carbocycles. The van der Waals surface area contributed by atoms with E-state index in [0.717, 1.165) is 40.1 Å². The van der Waals surface area contributed by atoms with Crippen LogP contribution in [0.15, 0.2) is 90.3 Å². The van der Waals surface area contributed by atoms with Crippen molar-refractivity contribution in [1.29, 1.82) is 0 Å². The van der Waals surface area contributed by atoms with Gasteiger partial charge in [0, 0.05) is 23.5 Å². The number of nitrogens with zero attached hydrogens (tertiary/aromatic N) is 1. The zero-order valence-electron chi connectivity index (χ0n) is 17.5. The number of fused-ring (bicyclic) bond motifs is 1. The first-order valence-corrected chi connectivity index (χ1v) is 11.5.